The minimum atomic E-state index is -0.406. The summed E-state index contributed by atoms with van der Waals surface area (Å²) in [6.45, 7) is 4.36. The first-order valence-corrected chi connectivity index (χ1v) is 6.19. The van der Waals surface area contributed by atoms with Crippen molar-refractivity contribution < 1.29 is 4.74 Å². The zero-order valence-electron chi connectivity index (χ0n) is 12.3. The molecule has 8 heteroatoms. The minimum absolute atomic E-state index is 0.297. The highest BCUT2D eigenvalue weighted by Gasteiger charge is 2.20. The third-order valence-electron chi connectivity index (χ3n) is 3.06. The molecule has 2 aromatic rings. The van der Waals surface area contributed by atoms with Crippen LogP contribution in [-0.2, 0) is 18.8 Å². The van der Waals surface area contributed by atoms with Crippen LogP contribution in [0.25, 0.3) is 11.2 Å². The molecule has 0 aliphatic rings. The molecule has 0 radical (unpaired) electrons. The highest BCUT2D eigenvalue weighted by atomic mass is 16.5. The minimum Gasteiger partial charge on any atom is -0.382 e. The van der Waals surface area contributed by atoms with Crippen molar-refractivity contribution in [2.45, 2.75) is 19.4 Å². The van der Waals surface area contributed by atoms with Gasteiger partial charge in [0.1, 0.15) is 0 Å². The van der Waals surface area contributed by atoms with Crippen molar-refractivity contribution in [2.24, 2.45) is 14.1 Å². The average Bonchev–Trinajstić information content (AvgIpc) is 2.76. The van der Waals surface area contributed by atoms with E-state index in [1.807, 2.05) is 13.8 Å². The van der Waals surface area contributed by atoms with Crippen LogP contribution in [0.4, 0.5) is 5.95 Å². The molecule has 110 valence electrons. The van der Waals surface area contributed by atoms with E-state index in [0.29, 0.717) is 23.7 Å². The lowest BCUT2D eigenvalue weighted by Gasteiger charge is -2.24. The molecular weight excluding hydrogens is 262 g/mol. The summed E-state index contributed by atoms with van der Waals surface area (Å²) in [4.78, 5) is 31.1. The first-order chi connectivity index (χ1) is 9.26. The van der Waals surface area contributed by atoms with Gasteiger partial charge in [0.2, 0.25) is 5.95 Å². The quantitative estimate of drug-likeness (QED) is 0.809. The van der Waals surface area contributed by atoms with E-state index in [-0.39, 0.29) is 5.54 Å². The molecule has 2 heterocycles. The van der Waals surface area contributed by atoms with Crippen LogP contribution in [-0.4, -0.2) is 38.4 Å². The fourth-order valence-corrected chi connectivity index (χ4v) is 2.10. The summed E-state index contributed by atoms with van der Waals surface area (Å²) < 4.78 is 7.49. The molecule has 0 unspecified atom stereocenters. The molecule has 20 heavy (non-hydrogen) atoms. The summed E-state index contributed by atoms with van der Waals surface area (Å²) in [5.41, 5.74) is -0.531. The number of aryl methyl sites for hydroxylation is 1. The fourth-order valence-electron chi connectivity index (χ4n) is 2.10. The maximum absolute atomic E-state index is 12.0. The Bertz CT molecular complexity index is 753. The van der Waals surface area contributed by atoms with Gasteiger partial charge >= 0.3 is 5.69 Å². The van der Waals surface area contributed by atoms with Crippen LogP contribution in [0.15, 0.2) is 9.59 Å². The molecule has 0 saturated carbocycles. The number of anilines is 1. The van der Waals surface area contributed by atoms with Crippen LogP contribution >= 0.6 is 0 Å². The number of hydrogen-bond donors (Lipinski definition) is 2. The Kier molecular flexibility index (Phi) is 3.43. The molecular formula is C12H19N5O3. The molecule has 0 bridgehead atoms. The van der Waals surface area contributed by atoms with Gasteiger partial charge in [-0.1, -0.05) is 0 Å². The number of rotatable bonds is 4. The van der Waals surface area contributed by atoms with Crippen molar-refractivity contribution in [1.29, 1.82) is 0 Å². The number of nitrogens with zero attached hydrogens (tertiary/aromatic N) is 3. The number of aromatic nitrogens is 4. The molecule has 0 aliphatic heterocycles. The van der Waals surface area contributed by atoms with Crippen LogP contribution in [0.3, 0.4) is 0 Å². The Morgan fingerprint density at radius 2 is 1.95 bits per heavy atom. The number of aromatic amines is 1. The zero-order valence-corrected chi connectivity index (χ0v) is 12.3. The monoisotopic (exact) mass is 281 g/mol. The van der Waals surface area contributed by atoms with Gasteiger partial charge in [-0.05, 0) is 13.8 Å². The summed E-state index contributed by atoms with van der Waals surface area (Å²) in [6, 6.07) is 0. The summed E-state index contributed by atoms with van der Waals surface area (Å²) >= 11 is 0. The highest BCUT2D eigenvalue weighted by Crippen LogP contribution is 2.14. The lowest BCUT2D eigenvalue weighted by molar-refractivity contribution is 0.158. The molecule has 0 atom stereocenters. The van der Waals surface area contributed by atoms with Gasteiger partial charge in [-0.25, -0.2) is 4.79 Å². The number of hydrogen-bond acceptors (Lipinski definition) is 5. The molecule has 0 aliphatic carbocycles. The largest absolute Gasteiger partial charge is 0.382 e. The normalized spacial score (nSPS) is 12.1. The first kappa shape index (κ1) is 14.3. The molecule has 2 aromatic heterocycles. The van der Waals surface area contributed by atoms with E-state index >= 15 is 0 Å². The lowest BCUT2D eigenvalue weighted by atomic mass is 10.1. The van der Waals surface area contributed by atoms with Crippen molar-refractivity contribution in [3.05, 3.63) is 20.8 Å². The second-order valence-corrected chi connectivity index (χ2v) is 5.43. The fraction of sp³-hybridized carbons (Fsp3) is 0.583. The topological polar surface area (TPSA) is 93.9 Å². The van der Waals surface area contributed by atoms with Gasteiger partial charge in [-0.15, -0.1) is 0 Å². The lowest BCUT2D eigenvalue weighted by Crippen LogP contribution is -2.36. The van der Waals surface area contributed by atoms with Gasteiger partial charge in [0, 0.05) is 21.2 Å². The Balaban J connectivity index is 2.55. The third kappa shape index (κ3) is 2.34. The number of fused-ring (bicyclic) bond motifs is 1. The van der Waals surface area contributed by atoms with Crippen LogP contribution in [0.2, 0.25) is 0 Å². The zero-order chi connectivity index (χ0) is 15.1. The first-order valence-electron chi connectivity index (χ1n) is 6.19. The van der Waals surface area contributed by atoms with Gasteiger partial charge in [-0.2, -0.15) is 4.98 Å². The van der Waals surface area contributed by atoms with Crippen molar-refractivity contribution in [2.75, 3.05) is 19.0 Å². The smallest absolute Gasteiger partial charge is 0.332 e. The average molecular weight is 281 g/mol. The van der Waals surface area contributed by atoms with E-state index < -0.39 is 11.2 Å². The van der Waals surface area contributed by atoms with Gasteiger partial charge < -0.3 is 15.0 Å². The van der Waals surface area contributed by atoms with Crippen molar-refractivity contribution in [3.8, 4) is 0 Å². The summed E-state index contributed by atoms with van der Waals surface area (Å²) in [5, 5.41) is 3.15. The second kappa shape index (κ2) is 4.78. The number of methoxy groups -OCH3 is 1. The second-order valence-electron chi connectivity index (χ2n) is 5.43. The molecule has 0 spiro atoms. The Morgan fingerprint density at radius 1 is 1.30 bits per heavy atom. The Labute approximate surface area is 115 Å². The van der Waals surface area contributed by atoms with Gasteiger partial charge in [0.15, 0.2) is 11.2 Å². The standard InChI is InChI=1S/C12H19N5O3/c1-12(2,6-20-5)15-10-13-7-8(14-10)16(3)11(19)17(4)9(7)18/h6H2,1-5H3,(H2,13,14,15). The van der Waals surface area contributed by atoms with Crippen molar-refractivity contribution in [1.82, 2.24) is 19.1 Å². The van der Waals surface area contributed by atoms with Crippen LogP contribution in [0.5, 0.6) is 0 Å². The molecule has 0 fully saturated rings. The third-order valence-corrected chi connectivity index (χ3v) is 3.06. The summed E-state index contributed by atoms with van der Waals surface area (Å²) in [5.74, 6) is 0.431. The van der Waals surface area contributed by atoms with E-state index in [1.54, 1.807) is 14.2 Å². The predicted molar refractivity (Wildman–Crippen MR) is 76.2 cm³/mol. The maximum atomic E-state index is 12.0. The Morgan fingerprint density at radius 3 is 2.55 bits per heavy atom. The van der Waals surface area contributed by atoms with E-state index in [0.717, 1.165) is 4.57 Å². The molecule has 0 aromatic carbocycles. The maximum Gasteiger partial charge on any atom is 0.332 e. The number of nitrogens with one attached hydrogen (secondary N) is 2. The van der Waals surface area contributed by atoms with Crippen molar-refractivity contribution in [3.63, 3.8) is 0 Å². The molecule has 2 rings (SSSR count). The van der Waals surface area contributed by atoms with Crippen LogP contribution < -0.4 is 16.6 Å². The number of ether oxygens (including phenoxy) is 1. The summed E-state index contributed by atoms with van der Waals surface area (Å²) in [6.07, 6.45) is 0. The van der Waals surface area contributed by atoms with Crippen LogP contribution in [0, 0.1) is 0 Å². The SMILES string of the molecule is COCC(C)(C)Nc1nc2c([nH]1)c(=O)n(C)c(=O)n2C. The number of imidazole rings is 1. The summed E-state index contributed by atoms with van der Waals surface area (Å²) in [7, 11) is 4.63. The molecule has 8 nitrogen and oxygen atoms in total. The van der Waals surface area contributed by atoms with Crippen molar-refractivity contribution >= 4 is 17.1 Å². The van der Waals surface area contributed by atoms with Crippen LogP contribution in [0.1, 0.15) is 13.8 Å². The van der Waals surface area contributed by atoms with Gasteiger partial charge in [0.25, 0.3) is 5.56 Å². The predicted octanol–water partition coefficient (Wildman–Crippen LogP) is -0.203. The highest BCUT2D eigenvalue weighted by molar-refractivity contribution is 5.72. The van der Waals surface area contributed by atoms with E-state index in [4.69, 9.17) is 4.74 Å². The molecule has 0 amide bonds. The number of H-pyrrole nitrogens is 1. The Hall–Kier alpha value is -2.09. The van der Waals surface area contributed by atoms with Gasteiger partial charge in [0.05, 0.1) is 12.1 Å². The van der Waals surface area contributed by atoms with E-state index in [1.165, 1.54) is 11.6 Å². The molecule has 2 N–H and O–H groups in total. The van der Waals surface area contributed by atoms with E-state index in [9.17, 15) is 9.59 Å². The van der Waals surface area contributed by atoms with E-state index in [2.05, 4.69) is 15.3 Å². The molecule has 0 saturated heterocycles. The van der Waals surface area contributed by atoms with Gasteiger partial charge in [-0.3, -0.25) is 13.9 Å².